The SMILES string of the molecule is CC[C@@H](C)NC(=O)[C@H](C)N(Cc1cccc(C)c1)C(=O)CN(c1ccc(Br)cc1)S(C)(=O)=O. The summed E-state index contributed by atoms with van der Waals surface area (Å²) in [5.41, 5.74) is 2.27. The van der Waals surface area contributed by atoms with Crippen LogP contribution in [0.15, 0.2) is 53.0 Å². The highest BCUT2D eigenvalue weighted by atomic mass is 79.9. The molecule has 0 aliphatic heterocycles. The van der Waals surface area contributed by atoms with Crippen LogP contribution in [0.25, 0.3) is 0 Å². The van der Waals surface area contributed by atoms with E-state index in [1.54, 1.807) is 31.2 Å². The Morgan fingerprint density at radius 1 is 1.09 bits per heavy atom. The lowest BCUT2D eigenvalue weighted by atomic mass is 10.1. The van der Waals surface area contributed by atoms with Crippen LogP contribution < -0.4 is 9.62 Å². The molecule has 2 aromatic rings. The summed E-state index contributed by atoms with van der Waals surface area (Å²) in [5, 5.41) is 2.91. The van der Waals surface area contributed by atoms with Gasteiger partial charge in [0.1, 0.15) is 12.6 Å². The van der Waals surface area contributed by atoms with E-state index in [1.165, 1.54) is 4.90 Å². The second-order valence-electron chi connectivity index (χ2n) is 8.25. The summed E-state index contributed by atoms with van der Waals surface area (Å²) in [6.07, 6.45) is 1.82. The smallest absolute Gasteiger partial charge is 0.244 e. The third-order valence-corrected chi connectivity index (χ3v) is 7.07. The normalized spacial score (nSPS) is 13.2. The van der Waals surface area contributed by atoms with Crippen molar-refractivity contribution >= 4 is 43.5 Å². The van der Waals surface area contributed by atoms with E-state index in [2.05, 4.69) is 21.2 Å². The van der Waals surface area contributed by atoms with Gasteiger partial charge in [-0.3, -0.25) is 13.9 Å². The van der Waals surface area contributed by atoms with E-state index in [4.69, 9.17) is 0 Å². The number of amides is 2. The Kier molecular flexibility index (Phi) is 9.48. The minimum atomic E-state index is -3.74. The first-order valence-electron chi connectivity index (χ1n) is 10.8. The largest absolute Gasteiger partial charge is 0.352 e. The van der Waals surface area contributed by atoms with Crippen molar-refractivity contribution in [1.29, 1.82) is 0 Å². The van der Waals surface area contributed by atoms with Crippen molar-refractivity contribution in [2.75, 3.05) is 17.1 Å². The third kappa shape index (κ3) is 7.85. The highest BCUT2D eigenvalue weighted by molar-refractivity contribution is 9.10. The molecule has 2 amide bonds. The molecule has 0 saturated carbocycles. The quantitative estimate of drug-likeness (QED) is 0.498. The van der Waals surface area contributed by atoms with Crippen LogP contribution in [0.4, 0.5) is 5.69 Å². The average molecular weight is 539 g/mol. The van der Waals surface area contributed by atoms with Gasteiger partial charge in [0, 0.05) is 17.1 Å². The van der Waals surface area contributed by atoms with Crippen molar-refractivity contribution in [3.63, 3.8) is 0 Å². The van der Waals surface area contributed by atoms with Crippen molar-refractivity contribution in [1.82, 2.24) is 10.2 Å². The first-order chi connectivity index (χ1) is 15.4. The number of carbonyl (C=O) groups excluding carboxylic acids is 2. The summed E-state index contributed by atoms with van der Waals surface area (Å²) in [6, 6.07) is 13.5. The molecule has 0 aliphatic carbocycles. The molecule has 7 nitrogen and oxygen atoms in total. The van der Waals surface area contributed by atoms with Gasteiger partial charge in [-0.1, -0.05) is 52.7 Å². The van der Waals surface area contributed by atoms with E-state index in [9.17, 15) is 18.0 Å². The lowest BCUT2D eigenvalue weighted by Gasteiger charge is -2.32. The molecule has 2 aromatic carbocycles. The Morgan fingerprint density at radius 2 is 1.73 bits per heavy atom. The number of carbonyl (C=O) groups is 2. The number of anilines is 1. The predicted molar refractivity (Wildman–Crippen MR) is 135 cm³/mol. The molecule has 0 heterocycles. The van der Waals surface area contributed by atoms with Gasteiger partial charge in [0.15, 0.2) is 0 Å². The van der Waals surface area contributed by atoms with Gasteiger partial charge >= 0.3 is 0 Å². The number of hydrogen-bond acceptors (Lipinski definition) is 4. The first kappa shape index (κ1) is 26.9. The maximum atomic E-state index is 13.5. The summed E-state index contributed by atoms with van der Waals surface area (Å²) in [4.78, 5) is 27.8. The molecule has 1 N–H and O–H groups in total. The lowest BCUT2D eigenvalue weighted by Crippen LogP contribution is -2.52. The molecule has 0 aliphatic rings. The summed E-state index contributed by atoms with van der Waals surface area (Å²) in [5.74, 6) is -0.739. The Balaban J connectivity index is 2.37. The molecule has 0 saturated heterocycles. The van der Waals surface area contributed by atoms with Gasteiger partial charge in [0.05, 0.1) is 11.9 Å². The van der Waals surface area contributed by atoms with Gasteiger partial charge in [-0.15, -0.1) is 0 Å². The zero-order valence-corrected chi connectivity index (χ0v) is 22.1. The Bertz CT molecular complexity index is 1070. The summed E-state index contributed by atoms with van der Waals surface area (Å²) >= 11 is 3.33. The van der Waals surface area contributed by atoms with Crippen molar-refractivity contribution in [3.05, 3.63) is 64.1 Å². The zero-order valence-electron chi connectivity index (χ0n) is 19.7. The van der Waals surface area contributed by atoms with Gasteiger partial charge in [0.25, 0.3) is 0 Å². The fourth-order valence-corrected chi connectivity index (χ4v) is 4.39. The maximum Gasteiger partial charge on any atom is 0.244 e. The van der Waals surface area contributed by atoms with Crippen LogP contribution in [-0.4, -0.2) is 50.0 Å². The number of sulfonamides is 1. The summed E-state index contributed by atoms with van der Waals surface area (Å²) in [6.45, 7) is 7.26. The summed E-state index contributed by atoms with van der Waals surface area (Å²) in [7, 11) is -3.74. The first-order valence-corrected chi connectivity index (χ1v) is 13.4. The van der Waals surface area contributed by atoms with Crippen molar-refractivity contribution in [2.45, 2.75) is 52.7 Å². The Morgan fingerprint density at radius 3 is 2.27 bits per heavy atom. The van der Waals surface area contributed by atoms with Gasteiger partial charge in [-0.25, -0.2) is 8.42 Å². The van der Waals surface area contributed by atoms with E-state index in [-0.39, 0.29) is 18.5 Å². The third-order valence-electron chi connectivity index (χ3n) is 5.40. The molecule has 33 heavy (non-hydrogen) atoms. The molecule has 0 radical (unpaired) electrons. The predicted octanol–water partition coefficient (Wildman–Crippen LogP) is 3.86. The van der Waals surface area contributed by atoms with Gasteiger partial charge in [0.2, 0.25) is 21.8 Å². The Hall–Kier alpha value is -2.39. The van der Waals surface area contributed by atoms with E-state index >= 15 is 0 Å². The van der Waals surface area contributed by atoms with Crippen LogP contribution in [0.1, 0.15) is 38.3 Å². The van der Waals surface area contributed by atoms with Gasteiger partial charge in [-0.2, -0.15) is 0 Å². The number of halogens is 1. The maximum absolute atomic E-state index is 13.5. The van der Waals surface area contributed by atoms with Crippen molar-refractivity contribution in [2.24, 2.45) is 0 Å². The number of nitrogens with one attached hydrogen (secondary N) is 1. The van der Waals surface area contributed by atoms with E-state index in [0.717, 1.165) is 32.6 Å². The van der Waals surface area contributed by atoms with Crippen LogP contribution in [0, 0.1) is 6.92 Å². The van der Waals surface area contributed by atoms with Crippen molar-refractivity contribution < 1.29 is 18.0 Å². The molecular weight excluding hydrogens is 506 g/mol. The monoisotopic (exact) mass is 537 g/mol. The highest BCUT2D eigenvalue weighted by Crippen LogP contribution is 2.22. The molecule has 2 rings (SSSR count). The van der Waals surface area contributed by atoms with Gasteiger partial charge in [-0.05, 0) is 57.0 Å². The molecule has 0 aromatic heterocycles. The van der Waals surface area contributed by atoms with Crippen LogP contribution >= 0.6 is 15.9 Å². The Labute approximate surface area is 205 Å². The zero-order chi connectivity index (χ0) is 24.8. The standard InChI is InChI=1S/C24H32BrN3O4S/c1-6-18(3)26-24(30)19(4)27(15-20-9-7-8-17(2)14-20)23(29)16-28(33(5,31)32)22-12-10-21(25)11-13-22/h7-14,18-19H,6,15-16H2,1-5H3,(H,26,30)/t18-,19+/m1/s1. The molecule has 0 spiro atoms. The number of aryl methyl sites for hydroxylation is 1. The highest BCUT2D eigenvalue weighted by Gasteiger charge is 2.30. The van der Waals surface area contributed by atoms with Crippen LogP contribution in [0.2, 0.25) is 0 Å². The average Bonchev–Trinajstić information content (AvgIpc) is 2.75. The lowest BCUT2D eigenvalue weighted by molar-refractivity contribution is -0.139. The summed E-state index contributed by atoms with van der Waals surface area (Å²) < 4.78 is 26.9. The molecule has 180 valence electrons. The molecular formula is C24H32BrN3O4S. The number of nitrogens with zero attached hydrogens (tertiary/aromatic N) is 2. The number of hydrogen-bond donors (Lipinski definition) is 1. The second-order valence-corrected chi connectivity index (χ2v) is 11.1. The van der Waals surface area contributed by atoms with E-state index in [1.807, 2.05) is 45.0 Å². The fraction of sp³-hybridized carbons (Fsp3) is 0.417. The van der Waals surface area contributed by atoms with Crippen LogP contribution in [-0.2, 0) is 26.2 Å². The fourth-order valence-electron chi connectivity index (χ4n) is 3.28. The number of rotatable bonds is 10. The van der Waals surface area contributed by atoms with Gasteiger partial charge < -0.3 is 10.2 Å². The van der Waals surface area contributed by atoms with E-state index < -0.39 is 28.5 Å². The topological polar surface area (TPSA) is 86.8 Å². The van der Waals surface area contributed by atoms with Crippen LogP contribution in [0.3, 0.4) is 0 Å². The van der Waals surface area contributed by atoms with Crippen molar-refractivity contribution in [3.8, 4) is 0 Å². The van der Waals surface area contributed by atoms with E-state index in [0.29, 0.717) is 5.69 Å². The minimum absolute atomic E-state index is 0.0360. The minimum Gasteiger partial charge on any atom is -0.352 e. The molecule has 0 bridgehead atoms. The number of benzene rings is 2. The molecule has 0 fully saturated rings. The van der Waals surface area contributed by atoms with Crippen LogP contribution in [0.5, 0.6) is 0 Å². The molecule has 9 heteroatoms. The second kappa shape index (κ2) is 11.7. The molecule has 0 unspecified atom stereocenters. The molecule has 2 atom stereocenters.